The fourth-order valence-electron chi connectivity index (χ4n) is 2.10. The van der Waals surface area contributed by atoms with Gasteiger partial charge in [-0.2, -0.15) is 0 Å². The smallest absolute Gasteiger partial charge is 0.186 e. The highest BCUT2D eigenvalue weighted by Crippen LogP contribution is 2.16. The molecule has 0 atom stereocenters. The van der Waals surface area contributed by atoms with E-state index in [2.05, 4.69) is 38.1 Å². The minimum Gasteiger partial charge on any atom is -0.289 e. The maximum atomic E-state index is 12.1. The molecule has 0 unspecified atom stereocenters. The number of benzene rings is 2. The topological polar surface area (TPSA) is 17.1 Å². The van der Waals surface area contributed by atoms with Crippen LogP contribution < -0.4 is 0 Å². The van der Waals surface area contributed by atoms with Gasteiger partial charge in [0.15, 0.2) is 5.78 Å². The van der Waals surface area contributed by atoms with Crippen molar-refractivity contribution in [3.8, 4) is 0 Å². The first kappa shape index (κ1) is 14.3. The Hall–Kier alpha value is -2.15. The van der Waals surface area contributed by atoms with Gasteiger partial charge in [0.05, 0.1) is 0 Å². The van der Waals surface area contributed by atoms with E-state index in [1.54, 1.807) is 6.08 Å². The summed E-state index contributed by atoms with van der Waals surface area (Å²) in [6.07, 6.45) is 3.52. The minimum absolute atomic E-state index is 0.0519. The van der Waals surface area contributed by atoms with Gasteiger partial charge in [0.1, 0.15) is 0 Å². The predicted octanol–water partition coefficient (Wildman–Crippen LogP) is 5.01. The zero-order chi connectivity index (χ0) is 14.5. The first-order chi connectivity index (χ1) is 9.58. The maximum absolute atomic E-state index is 12.1. The molecule has 0 aliphatic heterocycles. The van der Waals surface area contributed by atoms with E-state index in [4.69, 9.17) is 0 Å². The Bertz CT molecular complexity index is 618. The van der Waals surface area contributed by atoms with Crippen molar-refractivity contribution in [3.63, 3.8) is 0 Å². The Morgan fingerprint density at radius 3 is 2.25 bits per heavy atom. The zero-order valence-corrected chi connectivity index (χ0v) is 12.3. The Labute approximate surface area is 121 Å². The van der Waals surface area contributed by atoms with E-state index in [1.165, 1.54) is 5.56 Å². The Balaban J connectivity index is 2.13. The van der Waals surface area contributed by atoms with Gasteiger partial charge in [0, 0.05) is 5.56 Å². The van der Waals surface area contributed by atoms with Crippen LogP contribution in [-0.4, -0.2) is 5.78 Å². The van der Waals surface area contributed by atoms with Crippen molar-refractivity contribution >= 4 is 11.9 Å². The number of carbonyl (C=O) groups excluding carboxylic acids is 1. The number of aryl methyl sites for hydroxylation is 1. The molecule has 0 aliphatic rings. The fourth-order valence-corrected chi connectivity index (χ4v) is 2.10. The summed E-state index contributed by atoms with van der Waals surface area (Å²) in [5.41, 5.74) is 4.14. The van der Waals surface area contributed by atoms with Gasteiger partial charge in [0.2, 0.25) is 0 Å². The second-order valence-corrected chi connectivity index (χ2v) is 5.33. The van der Waals surface area contributed by atoms with Crippen LogP contribution in [0.15, 0.2) is 54.6 Å². The lowest BCUT2D eigenvalue weighted by Crippen LogP contribution is -1.96. The van der Waals surface area contributed by atoms with E-state index in [0.29, 0.717) is 5.92 Å². The number of hydrogen-bond donors (Lipinski definition) is 0. The van der Waals surface area contributed by atoms with Crippen LogP contribution in [0.3, 0.4) is 0 Å². The highest BCUT2D eigenvalue weighted by molar-refractivity contribution is 6.07. The molecule has 0 aliphatic carbocycles. The van der Waals surface area contributed by atoms with Crippen molar-refractivity contribution in [3.05, 3.63) is 76.9 Å². The van der Waals surface area contributed by atoms with E-state index in [1.807, 2.05) is 37.3 Å². The second kappa shape index (κ2) is 6.33. The highest BCUT2D eigenvalue weighted by atomic mass is 16.1. The molecule has 0 aromatic heterocycles. The Kier molecular flexibility index (Phi) is 4.52. The number of carbonyl (C=O) groups is 1. The van der Waals surface area contributed by atoms with Crippen LogP contribution in [0.4, 0.5) is 0 Å². The third kappa shape index (κ3) is 3.45. The SMILES string of the molecule is Cc1ccccc1C(=O)C=Cc1ccc(C(C)C)cc1. The molecule has 0 amide bonds. The van der Waals surface area contributed by atoms with Crippen LogP contribution in [0, 0.1) is 6.92 Å². The van der Waals surface area contributed by atoms with Gasteiger partial charge in [0.25, 0.3) is 0 Å². The summed E-state index contributed by atoms with van der Waals surface area (Å²) in [7, 11) is 0. The minimum atomic E-state index is 0.0519. The molecule has 0 spiro atoms. The number of hydrogen-bond acceptors (Lipinski definition) is 1. The molecular formula is C19H20O. The standard InChI is InChI=1S/C19H20O/c1-14(2)17-11-8-16(9-12-17)10-13-19(20)18-7-5-4-6-15(18)3/h4-14H,1-3H3. The molecule has 1 nitrogen and oxygen atoms in total. The number of allylic oxidation sites excluding steroid dienone is 1. The summed E-state index contributed by atoms with van der Waals surface area (Å²) in [6.45, 7) is 6.30. The van der Waals surface area contributed by atoms with E-state index in [0.717, 1.165) is 16.7 Å². The van der Waals surface area contributed by atoms with Gasteiger partial charge < -0.3 is 0 Å². The van der Waals surface area contributed by atoms with E-state index >= 15 is 0 Å². The van der Waals surface area contributed by atoms with Crippen LogP contribution in [0.1, 0.15) is 46.8 Å². The molecule has 2 aromatic carbocycles. The molecule has 0 heterocycles. The predicted molar refractivity (Wildman–Crippen MR) is 85.1 cm³/mol. The molecule has 102 valence electrons. The first-order valence-electron chi connectivity index (χ1n) is 6.96. The lowest BCUT2D eigenvalue weighted by molar-refractivity contribution is 0.104. The Morgan fingerprint density at radius 1 is 1.00 bits per heavy atom. The van der Waals surface area contributed by atoms with Crippen LogP contribution in [0.25, 0.3) is 6.08 Å². The molecule has 2 aromatic rings. The lowest BCUT2D eigenvalue weighted by atomic mass is 10.0. The zero-order valence-electron chi connectivity index (χ0n) is 12.3. The summed E-state index contributed by atoms with van der Waals surface area (Å²) in [6, 6.07) is 16.0. The van der Waals surface area contributed by atoms with Crippen LogP contribution >= 0.6 is 0 Å². The van der Waals surface area contributed by atoms with E-state index in [9.17, 15) is 4.79 Å². The summed E-state index contributed by atoms with van der Waals surface area (Å²) in [4.78, 5) is 12.1. The van der Waals surface area contributed by atoms with Crippen LogP contribution in [0.5, 0.6) is 0 Å². The lowest BCUT2D eigenvalue weighted by Gasteiger charge is -2.04. The van der Waals surface area contributed by atoms with Gasteiger partial charge in [-0.15, -0.1) is 0 Å². The monoisotopic (exact) mass is 264 g/mol. The van der Waals surface area contributed by atoms with Crippen molar-refractivity contribution in [1.82, 2.24) is 0 Å². The molecule has 0 radical (unpaired) electrons. The average molecular weight is 264 g/mol. The quantitative estimate of drug-likeness (QED) is 0.560. The van der Waals surface area contributed by atoms with Crippen molar-refractivity contribution in [1.29, 1.82) is 0 Å². The third-order valence-electron chi connectivity index (χ3n) is 3.44. The summed E-state index contributed by atoms with van der Waals surface area (Å²) in [5.74, 6) is 0.581. The normalized spacial score (nSPS) is 11.2. The van der Waals surface area contributed by atoms with Crippen molar-refractivity contribution in [2.75, 3.05) is 0 Å². The van der Waals surface area contributed by atoms with E-state index < -0.39 is 0 Å². The van der Waals surface area contributed by atoms with Gasteiger partial charge in [-0.1, -0.05) is 68.5 Å². The largest absolute Gasteiger partial charge is 0.289 e. The number of rotatable bonds is 4. The maximum Gasteiger partial charge on any atom is 0.186 e. The van der Waals surface area contributed by atoms with Gasteiger partial charge in [-0.25, -0.2) is 0 Å². The molecule has 2 rings (SSSR count). The molecular weight excluding hydrogens is 244 g/mol. The van der Waals surface area contributed by atoms with Crippen molar-refractivity contribution in [2.45, 2.75) is 26.7 Å². The molecule has 0 saturated carbocycles. The fraction of sp³-hybridized carbons (Fsp3) is 0.211. The summed E-state index contributed by atoms with van der Waals surface area (Å²) >= 11 is 0. The average Bonchev–Trinajstić information content (AvgIpc) is 2.45. The van der Waals surface area contributed by atoms with Gasteiger partial charge in [-0.3, -0.25) is 4.79 Å². The van der Waals surface area contributed by atoms with Gasteiger partial charge >= 0.3 is 0 Å². The highest BCUT2D eigenvalue weighted by Gasteiger charge is 2.04. The third-order valence-corrected chi connectivity index (χ3v) is 3.44. The Morgan fingerprint density at radius 2 is 1.65 bits per heavy atom. The molecule has 20 heavy (non-hydrogen) atoms. The van der Waals surface area contributed by atoms with Crippen LogP contribution in [0.2, 0.25) is 0 Å². The van der Waals surface area contributed by atoms with Crippen molar-refractivity contribution < 1.29 is 4.79 Å². The second-order valence-electron chi connectivity index (χ2n) is 5.33. The molecule has 0 saturated heterocycles. The molecule has 1 heteroatoms. The summed E-state index contributed by atoms with van der Waals surface area (Å²) in [5, 5.41) is 0. The molecule has 0 fully saturated rings. The van der Waals surface area contributed by atoms with E-state index in [-0.39, 0.29) is 5.78 Å². The summed E-state index contributed by atoms with van der Waals surface area (Å²) < 4.78 is 0. The molecule has 0 bridgehead atoms. The number of ketones is 1. The van der Waals surface area contributed by atoms with Crippen LogP contribution in [-0.2, 0) is 0 Å². The van der Waals surface area contributed by atoms with Crippen molar-refractivity contribution in [2.24, 2.45) is 0 Å². The van der Waals surface area contributed by atoms with Gasteiger partial charge in [-0.05, 0) is 35.6 Å². The first-order valence-corrected chi connectivity index (χ1v) is 6.96. The molecule has 0 N–H and O–H groups in total.